The Morgan fingerprint density at radius 2 is 2.00 bits per heavy atom. The van der Waals surface area contributed by atoms with Gasteiger partial charge < -0.3 is 15.5 Å². The number of benzene rings is 1. The van der Waals surface area contributed by atoms with Crippen LogP contribution >= 0.6 is 11.6 Å². The van der Waals surface area contributed by atoms with E-state index in [0.717, 1.165) is 0 Å². The fraction of sp³-hybridized carbons (Fsp3) is 0.222. The first kappa shape index (κ1) is 10.8. The van der Waals surface area contributed by atoms with Gasteiger partial charge in [0.2, 0.25) is 0 Å². The quantitative estimate of drug-likeness (QED) is 0.718. The van der Waals surface area contributed by atoms with Crippen LogP contribution in [0.3, 0.4) is 0 Å². The van der Waals surface area contributed by atoms with Gasteiger partial charge in [-0.3, -0.25) is 0 Å². The summed E-state index contributed by atoms with van der Waals surface area (Å²) in [5.41, 5.74) is 0.680. The van der Waals surface area contributed by atoms with Crippen molar-refractivity contribution in [1.29, 1.82) is 0 Å². The predicted molar refractivity (Wildman–Crippen MR) is 52.4 cm³/mol. The number of aliphatic hydroxyl groups excluding tert-OH is 1. The van der Waals surface area contributed by atoms with Crippen LogP contribution in [0.2, 0.25) is 5.02 Å². The molecule has 5 heteroatoms. The molecule has 0 saturated heterocycles. The Kier molecular flexibility index (Phi) is 3.73. The molecular weight excluding hydrogens is 206 g/mol. The van der Waals surface area contributed by atoms with Crippen LogP contribution in [-0.4, -0.2) is 22.9 Å². The summed E-state index contributed by atoms with van der Waals surface area (Å²) >= 11 is 5.67. The number of rotatable bonds is 3. The molecular formula is C9H10ClNO3. The number of halogens is 1. The SMILES string of the molecule is O=C(O)N[C@H](CO)c1ccc(Cl)cc1. The Balaban J connectivity index is 2.78. The van der Waals surface area contributed by atoms with Gasteiger partial charge in [-0.15, -0.1) is 0 Å². The molecule has 1 aromatic carbocycles. The van der Waals surface area contributed by atoms with E-state index in [4.69, 9.17) is 21.8 Å². The first-order chi connectivity index (χ1) is 6.63. The van der Waals surface area contributed by atoms with E-state index in [1.807, 2.05) is 0 Å². The van der Waals surface area contributed by atoms with Gasteiger partial charge in [0.15, 0.2) is 0 Å². The van der Waals surface area contributed by atoms with Crippen molar-refractivity contribution in [3.05, 3.63) is 34.9 Å². The van der Waals surface area contributed by atoms with Crippen molar-refractivity contribution in [2.24, 2.45) is 0 Å². The predicted octanol–water partition coefficient (Wildman–Crippen LogP) is 1.64. The smallest absolute Gasteiger partial charge is 0.405 e. The van der Waals surface area contributed by atoms with Crippen LogP contribution in [0.5, 0.6) is 0 Å². The van der Waals surface area contributed by atoms with Crippen LogP contribution in [0.25, 0.3) is 0 Å². The van der Waals surface area contributed by atoms with Crippen molar-refractivity contribution in [1.82, 2.24) is 5.32 Å². The Morgan fingerprint density at radius 3 is 2.43 bits per heavy atom. The second-order valence-corrected chi connectivity index (χ2v) is 3.17. The van der Waals surface area contributed by atoms with Crippen LogP contribution in [0.1, 0.15) is 11.6 Å². The molecule has 0 saturated carbocycles. The van der Waals surface area contributed by atoms with Gasteiger partial charge in [-0.25, -0.2) is 4.79 Å². The zero-order valence-electron chi connectivity index (χ0n) is 7.27. The summed E-state index contributed by atoms with van der Waals surface area (Å²) in [5, 5.41) is 20.2. The summed E-state index contributed by atoms with van der Waals surface area (Å²) in [6.07, 6.45) is -1.17. The fourth-order valence-corrected chi connectivity index (χ4v) is 1.20. The van der Waals surface area contributed by atoms with Gasteiger partial charge in [0.1, 0.15) is 0 Å². The van der Waals surface area contributed by atoms with Crippen molar-refractivity contribution in [2.75, 3.05) is 6.61 Å². The average Bonchev–Trinajstić information content (AvgIpc) is 2.15. The zero-order chi connectivity index (χ0) is 10.6. The average molecular weight is 216 g/mol. The third-order valence-corrected chi connectivity index (χ3v) is 2.00. The standard InChI is InChI=1S/C9H10ClNO3/c10-7-3-1-6(2-4-7)8(5-12)11-9(13)14/h1-4,8,11-12H,5H2,(H,13,14)/t8-/m1/s1. The van der Waals surface area contributed by atoms with E-state index in [1.54, 1.807) is 24.3 Å². The van der Waals surface area contributed by atoms with E-state index in [1.165, 1.54) is 0 Å². The van der Waals surface area contributed by atoms with Crippen molar-refractivity contribution in [3.8, 4) is 0 Å². The van der Waals surface area contributed by atoms with E-state index in [9.17, 15) is 4.79 Å². The lowest BCUT2D eigenvalue weighted by Crippen LogP contribution is -2.29. The number of carboxylic acid groups (broad SMARTS) is 1. The van der Waals surface area contributed by atoms with Gasteiger partial charge in [-0.1, -0.05) is 23.7 Å². The maximum absolute atomic E-state index is 10.4. The summed E-state index contributed by atoms with van der Waals surface area (Å²) in [6, 6.07) is 6.01. The van der Waals surface area contributed by atoms with Gasteiger partial charge in [-0.2, -0.15) is 0 Å². The normalized spacial score (nSPS) is 12.1. The molecule has 1 atom stereocenters. The van der Waals surface area contributed by atoms with Crippen LogP contribution < -0.4 is 5.32 Å². The summed E-state index contributed by atoms with van der Waals surface area (Å²) < 4.78 is 0. The van der Waals surface area contributed by atoms with Crippen molar-refractivity contribution >= 4 is 17.7 Å². The molecule has 3 N–H and O–H groups in total. The monoisotopic (exact) mass is 215 g/mol. The van der Waals surface area contributed by atoms with Gasteiger partial charge >= 0.3 is 6.09 Å². The molecule has 0 aromatic heterocycles. The fourth-order valence-electron chi connectivity index (χ4n) is 1.08. The molecule has 1 aromatic rings. The van der Waals surface area contributed by atoms with E-state index >= 15 is 0 Å². The third-order valence-electron chi connectivity index (χ3n) is 1.75. The molecule has 14 heavy (non-hydrogen) atoms. The second-order valence-electron chi connectivity index (χ2n) is 2.74. The third kappa shape index (κ3) is 2.90. The summed E-state index contributed by atoms with van der Waals surface area (Å²) in [6.45, 7) is -0.284. The van der Waals surface area contributed by atoms with Gasteiger partial charge in [-0.05, 0) is 17.7 Å². The zero-order valence-corrected chi connectivity index (χ0v) is 8.03. The molecule has 1 amide bonds. The lowest BCUT2D eigenvalue weighted by atomic mass is 10.1. The molecule has 0 bridgehead atoms. The van der Waals surface area contributed by atoms with E-state index in [0.29, 0.717) is 10.6 Å². The molecule has 76 valence electrons. The highest BCUT2D eigenvalue weighted by Gasteiger charge is 2.11. The molecule has 0 aliphatic heterocycles. The minimum atomic E-state index is -1.17. The van der Waals surface area contributed by atoms with E-state index < -0.39 is 12.1 Å². The van der Waals surface area contributed by atoms with Gasteiger partial charge in [0.25, 0.3) is 0 Å². The Hall–Kier alpha value is -1.26. The molecule has 0 aliphatic carbocycles. The first-order valence-corrected chi connectivity index (χ1v) is 4.37. The molecule has 0 heterocycles. The minimum Gasteiger partial charge on any atom is -0.465 e. The number of hydrogen-bond donors (Lipinski definition) is 3. The molecule has 4 nitrogen and oxygen atoms in total. The van der Waals surface area contributed by atoms with Crippen LogP contribution in [-0.2, 0) is 0 Å². The number of aliphatic hydroxyl groups is 1. The summed E-state index contributed by atoms with van der Waals surface area (Å²) in [5.74, 6) is 0. The van der Waals surface area contributed by atoms with Crippen LogP contribution in [0, 0.1) is 0 Å². The lowest BCUT2D eigenvalue weighted by molar-refractivity contribution is 0.177. The number of nitrogens with one attached hydrogen (secondary N) is 1. The van der Waals surface area contributed by atoms with Crippen molar-refractivity contribution in [3.63, 3.8) is 0 Å². The minimum absolute atomic E-state index is 0.284. The number of carbonyl (C=O) groups is 1. The topological polar surface area (TPSA) is 69.6 Å². The van der Waals surface area contributed by atoms with E-state index in [2.05, 4.69) is 5.32 Å². The maximum Gasteiger partial charge on any atom is 0.405 e. The lowest BCUT2D eigenvalue weighted by Gasteiger charge is -2.14. The highest BCUT2D eigenvalue weighted by molar-refractivity contribution is 6.30. The van der Waals surface area contributed by atoms with Gasteiger partial charge in [0, 0.05) is 5.02 Å². The maximum atomic E-state index is 10.4. The Morgan fingerprint density at radius 1 is 1.43 bits per heavy atom. The molecule has 0 unspecified atom stereocenters. The first-order valence-electron chi connectivity index (χ1n) is 3.99. The number of hydrogen-bond acceptors (Lipinski definition) is 2. The van der Waals surface area contributed by atoms with Gasteiger partial charge in [0.05, 0.1) is 12.6 Å². The summed E-state index contributed by atoms with van der Waals surface area (Å²) in [4.78, 5) is 10.4. The van der Waals surface area contributed by atoms with Crippen molar-refractivity contribution in [2.45, 2.75) is 6.04 Å². The molecule has 0 aliphatic rings. The Bertz CT molecular complexity index is 312. The van der Waals surface area contributed by atoms with E-state index in [-0.39, 0.29) is 6.61 Å². The highest BCUT2D eigenvalue weighted by Crippen LogP contribution is 2.15. The van der Waals surface area contributed by atoms with Crippen molar-refractivity contribution < 1.29 is 15.0 Å². The molecule has 0 fully saturated rings. The highest BCUT2D eigenvalue weighted by atomic mass is 35.5. The molecule has 0 radical (unpaired) electrons. The summed E-state index contributed by atoms with van der Waals surface area (Å²) in [7, 11) is 0. The van der Waals surface area contributed by atoms with Crippen LogP contribution in [0.15, 0.2) is 24.3 Å². The molecule has 1 rings (SSSR count). The largest absolute Gasteiger partial charge is 0.465 e. The van der Waals surface area contributed by atoms with Crippen LogP contribution in [0.4, 0.5) is 4.79 Å². The second kappa shape index (κ2) is 4.83. The number of amides is 1. The Labute approximate surface area is 86.1 Å². The molecule has 0 spiro atoms.